The maximum atomic E-state index is 12.0. The summed E-state index contributed by atoms with van der Waals surface area (Å²) in [7, 11) is -9.95. The van der Waals surface area contributed by atoms with Crippen LogP contribution in [0, 0.1) is 47.0 Å². The van der Waals surface area contributed by atoms with E-state index in [1.165, 1.54) is 5.57 Å². The van der Waals surface area contributed by atoms with Gasteiger partial charge in [0.25, 0.3) is 0 Å². The highest BCUT2D eigenvalue weighted by Crippen LogP contribution is 2.64. The number of rotatable bonds is 6. The number of carbonyl (C=O) groups is 2. The number of amides is 1. The molecular formula is C25H37NO9P2. The summed E-state index contributed by atoms with van der Waals surface area (Å²) in [5, 5.41) is 0.313. The lowest BCUT2D eigenvalue weighted by molar-refractivity contribution is -0.116. The molecule has 3 saturated carbocycles. The van der Waals surface area contributed by atoms with E-state index in [9.17, 15) is 18.7 Å². The van der Waals surface area contributed by atoms with Gasteiger partial charge in [0, 0.05) is 18.9 Å². The molecule has 10 nitrogen and oxygen atoms in total. The third kappa shape index (κ3) is 6.24. The fraction of sp³-hybridized carbons (Fsp3) is 0.760. The van der Waals surface area contributed by atoms with Crippen LogP contribution in [-0.4, -0.2) is 43.4 Å². The number of ketones is 1. The van der Waals surface area contributed by atoms with Crippen molar-refractivity contribution in [2.24, 2.45) is 35.0 Å². The van der Waals surface area contributed by atoms with Crippen molar-refractivity contribution >= 4 is 27.1 Å². The predicted molar refractivity (Wildman–Crippen MR) is 135 cm³/mol. The molecule has 6 atom stereocenters. The quantitative estimate of drug-likeness (QED) is 0.185. The van der Waals surface area contributed by atoms with Crippen LogP contribution < -0.4 is 5.32 Å². The molecule has 0 aromatic rings. The Labute approximate surface area is 217 Å². The van der Waals surface area contributed by atoms with Crippen LogP contribution >= 0.6 is 15.2 Å². The van der Waals surface area contributed by atoms with Crippen LogP contribution in [0.25, 0.3) is 0 Å². The smallest absolute Gasteiger partial charge is 0.356 e. The Bertz CT molecular complexity index is 1080. The molecule has 3 fully saturated rings. The van der Waals surface area contributed by atoms with Crippen LogP contribution in [0.2, 0.25) is 0 Å². The minimum absolute atomic E-state index is 0.0413. The molecule has 0 aromatic carbocycles. The van der Waals surface area contributed by atoms with E-state index in [4.69, 9.17) is 24.3 Å². The van der Waals surface area contributed by atoms with Gasteiger partial charge in [-0.05, 0) is 93.0 Å². The maximum absolute atomic E-state index is 12.0. The first-order valence-corrected chi connectivity index (χ1v) is 16.5. The van der Waals surface area contributed by atoms with Crippen LogP contribution in [0.4, 0.5) is 4.79 Å². The fourth-order valence-electron chi connectivity index (χ4n) is 7.61. The van der Waals surface area contributed by atoms with Gasteiger partial charge in [0.05, 0.1) is 0 Å². The molecule has 0 bridgehead atoms. The summed E-state index contributed by atoms with van der Waals surface area (Å²) in [6, 6.07) is 0. The Morgan fingerprint density at radius 3 is 2.54 bits per heavy atom. The number of hydrogen-bond donors (Lipinski definition) is 5. The zero-order valence-corrected chi connectivity index (χ0v) is 22.8. The number of allylic oxidation sites excluding steroid dienone is 1. The SMILES string of the molecule is C[C@]12CC[C@H]3[C@@H](CCC4=CC(=O)CC[C@@H]43)[C@@H]1CC[C@H]2C#COC(=O)NCCCC(P(=O)(O)O)P(=O)(O)O. The number of alkyl carbamates (subject to hydrolysis) is 1. The lowest BCUT2D eigenvalue weighted by Crippen LogP contribution is -2.46. The van der Waals surface area contributed by atoms with Crippen molar-refractivity contribution in [2.45, 2.75) is 76.5 Å². The first-order chi connectivity index (χ1) is 17.3. The van der Waals surface area contributed by atoms with Crippen molar-refractivity contribution in [1.29, 1.82) is 0 Å². The molecule has 0 saturated heterocycles. The van der Waals surface area contributed by atoms with Crippen molar-refractivity contribution in [3.63, 3.8) is 0 Å². The number of nitrogens with one attached hydrogen (secondary N) is 1. The Morgan fingerprint density at radius 2 is 1.84 bits per heavy atom. The molecule has 37 heavy (non-hydrogen) atoms. The second kappa shape index (κ2) is 11.0. The van der Waals surface area contributed by atoms with Gasteiger partial charge in [-0.2, -0.15) is 0 Å². The molecule has 1 amide bonds. The summed E-state index contributed by atoms with van der Waals surface area (Å²) in [6.45, 7) is 2.25. The first kappa shape index (κ1) is 28.5. The van der Waals surface area contributed by atoms with Gasteiger partial charge in [-0.15, -0.1) is 0 Å². The average Bonchev–Trinajstić information content (AvgIpc) is 3.13. The molecule has 0 aliphatic heterocycles. The molecule has 206 valence electrons. The summed E-state index contributed by atoms with van der Waals surface area (Å²) in [4.78, 5) is 60.5. The highest BCUT2D eigenvalue weighted by atomic mass is 31.2. The van der Waals surface area contributed by atoms with Gasteiger partial charge in [0.15, 0.2) is 11.2 Å². The van der Waals surface area contributed by atoms with Crippen LogP contribution in [0.5, 0.6) is 0 Å². The molecule has 4 aliphatic rings. The van der Waals surface area contributed by atoms with Gasteiger partial charge in [-0.3, -0.25) is 13.9 Å². The zero-order chi connectivity index (χ0) is 27.0. The molecular weight excluding hydrogens is 520 g/mol. The predicted octanol–water partition coefficient (Wildman–Crippen LogP) is 3.89. The van der Waals surface area contributed by atoms with E-state index in [0.717, 1.165) is 44.9 Å². The normalized spacial score (nSPS) is 33.4. The van der Waals surface area contributed by atoms with E-state index in [-0.39, 0.29) is 30.1 Å². The molecule has 12 heteroatoms. The van der Waals surface area contributed by atoms with Crippen LogP contribution in [0.15, 0.2) is 11.6 Å². The molecule has 0 heterocycles. The maximum Gasteiger partial charge on any atom is 0.421 e. The highest BCUT2D eigenvalue weighted by Gasteiger charge is 2.56. The van der Waals surface area contributed by atoms with Gasteiger partial charge in [0.2, 0.25) is 0 Å². The largest absolute Gasteiger partial charge is 0.421 e. The molecule has 0 spiro atoms. The number of hydrogen-bond acceptors (Lipinski definition) is 5. The summed E-state index contributed by atoms with van der Waals surface area (Å²) >= 11 is 0. The Kier molecular flexibility index (Phi) is 8.46. The van der Waals surface area contributed by atoms with E-state index in [0.29, 0.717) is 30.1 Å². The second-order valence-electron chi connectivity index (χ2n) is 11.3. The average molecular weight is 558 g/mol. The third-order valence-electron chi connectivity index (χ3n) is 9.36. The van der Waals surface area contributed by atoms with E-state index < -0.39 is 33.1 Å². The van der Waals surface area contributed by atoms with Crippen molar-refractivity contribution in [2.75, 3.05) is 6.54 Å². The fourth-order valence-corrected chi connectivity index (χ4v) is 10.2. The van der Waals surface area contributed by atoms with Crippen molar-refractivity contribution < 1.29 is 43.0 Å². The summed E-state index contributed by atoms with van der Waals surface area (Å²) < 4.78 is 27.6. The van der Waals surface area contributed by atoms with Gasteiger partial charge in [-0.25, -0.2) is 4.79 Å². The molecule has 5 N–H and O–H groups in total. The van der Waals surface area contributed by atoms with E-state index in [1.807, 2.05) is 6.08 Å². The van der Waals surface area contributed by atoms with Gasteiger partial charge in [-0.1, -0.05) is 18.4 Å². The van der Waals surface area contributed by atoms with Crippen molar-refractivity contribution in [3.05, 3.63) is 11.6 Å². The lowest BCUT2D eigenvalue weighted by Gasteiger charge is -2.53. The van der Waals surface area contributed by atoms with Gasteiger partial charge in [0.1, 0.15) is 6.11 Å². The third-order valence-corrected chi connectivity index (χ3v) is 13.2. The first-order valence-electron chi connectivity index (χ1n) is 13.1. The lowest BCUT2D eigenvalue weighted by atomic mass is 9.51. The van der Waals surface area contributed by atoms with Gasteiger partial charge < -0.3 is 29.6 Å². The Balaban J connectivity index is 1.27. The summed E-state index contributed by atoms with van der Waals surface area (Å²) in [5.41, 5.74) is 1.44. The van der Waals surface area contributed by atoms with Gasteiger partial charge >= 0.3 is 21.3 Å². The standard InChI is InChI=1S/C25H37NO9P2/c1-25-12-10-20-19-8-6-18(27)15-16(19)4-7-21(20)22(25)9-5-17(25)11-14-35-24(28)26-13-2-3-23(36(29,30)31)37(32,33)34/h15,17,19-23H,2-10,12-13H2,1H3,(H,26,28)(H2,29,30,31)(H2,32,33,34)/t17-,19-,20+,21+,22-,25+/m0/s1. The molecule has 0 aromatic heterocycles. The molecule has 4 rings (SSSR count). The van der Waals surface area contributed by atoms with E-state index in [1.54, 1.807) is 0 Å². The Hall–Kier alpha value is -1.46. The Morgan fingerprint density at radius 1 is 1.11 bits per heavy atom. The minimum Gasteiger partial charge on any atom is -0.356 e. The molecule has 0 radical (unpaired) electrons. The van der Waals surface area contributed by atoms with Crippen LogP contribution in [-0.2, 0) is 18.7 Å². The van der Waals surface area contributed by atoms with Crippen molar-refractivity contribution in [3.8, 4) is 12.0 Å². The highest BCUT2D eigenvalue weighted by molar-refractivity contribution is 7.70. The topological polar surface area (TPSA) is 170 Å². The molecule has 0 unspecified atom stereocenters. The van der Waals surface area contributed by atoms with Crippen LogP contribution in [0.3, 0.4) is 0 Å². The summed E-state index contributed by atoms with van der Waals surface area (Å²) in [6.07, 6.45) is 11.2. The molecule has 4 aliphatic carbocycles. The monoisotopic (exact) mass is 557 g/mol. The number of carbonyl (C=O) groups excluding carboxylic acids is 2. The number of fused-ring (bicyclic) bond motifs is 5. The summed E-state index contributed by atoms with van der Waals surface area (Å²) in [5.74, 6) is 5.99. The minimum atomic E-state index is -4.97. The van der Waals surface area contributed by atoms with E-state index >= 15 is 0 Å². The van der Waals surface area contributed by atoms with E-state index in [2.05, 4.69) is 24.3 Å². The van der Waals surface area contributed by atoms with Crippen molar-refractivity contribution in [1.82, 2.24) is 5.32 Å². The van der Waals surface area contributed by atoms with Crippen LogP contribution in [0.1, 0.15) is 71.1 Å². The number of ether oxygens (including phenoxy) is 1. The second-order valence-corrected chi connectivity index (χ2v) is 15.4. The zero-order valence-electron chi connectivity index (χ0n) is 21.0.